The Bertz CT molecular complexity index is 1150. The minimum Gasteiger partial charge on any atom is -0.496 e. The van der Waals surface area contributed by atoms with Gasteiger partial charge in [0.05, 0.1) is 37.4 Å². The highest BCUT2D eigenvalue weighted by molar-refractivity contribution is 6.53. The van der Waals surface area contributed by atoms with Gasteiger partial charge in [-0.15, -0.1) is 0 Å². The molecule has 2 heterocycles. The van der Waals surface area contributed by atoms with Gasteiger partial charge >= 0.3 is 5.97 Å². The zero-order valence-corrected chi connectivity index (χ0v) is 16.0. The molecule has 0 amide bonds. The molecule has 6 nitrogen and oxygen atoms in total. The van der Waals surface area contributed by atoms with Gasteiger partial charge in [-0.2, -0.15) is 0 Å². The van der Waals surface area contributed by atoms with Crippen LogP contribution >= 0.6 is 0 Å². The number of ether oxygens (including phenoxy) is 3. The third-order valence-corrected chi connectivity index (χ3v) is 4.99. The molecule has 2 aromatic carbocycles. The number of methoxy groups -OCH3 is 2. The lowest BCUT2D eigenvalue weighted by Crippen LogP contribution is -2.20. The fourth-order valence-corrected chi connectivity index (χ4v) is 3.83. The van der Waals surface area contributed by atoms with Crippen LogP contribution in [0.1, 0.15) is 19.4 Å². The molecule has 2 aromatic rings. The Hall–Kier alpha value is -3.15. The first-order valence-corrected chi connectivity index (χ1v) is 8.76. The van der Waals surface area contributed by atoms with Crippen molar-refractivity contribution in [3.63, 3.8) is 0 Å². The first-order valence-electron chi connectivity index (χ1n) is 8.76. The molecule has 2 aliphatic rings. The van der Waals surface area contributed by atoms with Crippen molar-refractivity contribution in [2.75, 3.05) is 20.8 Å². The summed E-state index contributed by atoms with van der Waals surface area (Å²) in [7, 11) is 3.27. The largest absolute Gasteiger partial charge is 0.496 e. The van der Waals surface area contributed by atoms with Crippen molar-refractivity contribution in [3.05, 3.63) is 34.3 Å². The number of rotatable bonds is 4. The van der Waals surface area contributed by atoms with E-state index in [9.17, 15) is 4.79 Å². The van der Waals surface area contributed by atoms with Crippen molar-refractivity contribution in [2.24, 2.45) is 9.98 Å². The molecular formula is C21H20N2O4. The first-order chi connectivity index (χ1) is 13.0. The number of carbonyl (C=O) groups is 1. The highest BCUT2D eigenvalue weighted by Crippen LogP contribution is 2.47. The maximum absolute atomic E-state index is 12.2. The van der Waals surface area contributed by atoms with E-state index in [1.54, 1.807) is 21.1 Å². The summed E-state index contributed by atoms with van der Waals surface area (Å²) in [4.78, 5) is 21.5. The molecule has 0 saturated carbocycles. The molecule has 0 atom stereocenters. The molecule has 2 aliphatic heterocycles. The highest BCUT2D eigenvalue weighted by atomic mass is 16.5. The number of hydrogen-bond donors (Lipinski definition) is 0. The van der Waals surface area contributed by atoms with Crippen LogP contribution < -0.4 is 20.0 Å². The molecule has 0 aromatic heterocycles. The van der Waals surface area contributed by atoms with Crippen LogP contribution in [0.25, 0.3) is 16.7 Å². The van der Waals surface area contributed by atoms with E-state index in [1.165, 1.54) is 0 Å². The first kappa shape index (κ1) is 17.3. The molecule has 0 fully saturated rings. The highest BCUT2D eigenvalue weighted by Gasteiger charge is 2.29. The van der Waals surface area contributed by atoms with Gasteiger partial charge in [0.15, 0.2) is 5.71 Å². The number of hydrogen-bond acceptors (Lipinski definition) is 6. The molecule has 0 radical (unpaired) electrons. The van der Waals surface area contributed by atoms with Crippen LogP contribution in [0.5, 0.6) is 11.5 Å². The predicted octanol–water partition coefficient (Wildman–Crippen LogP) is 2.76. The second-order valence-corrected chi connectivity index (χ2v) is 6.40. The summed E-state index contributed by atoms with van der Waals surface area (Å²) in [6.45, 7) is 6.02. The van der Waals surface area contributed by atoms with Crippen LogP contribution in [0.4, 0.5) is 11.4 Å². The van der Waals surface area contributed by atoms with E-state index in [0.29, 0.717) is 18.1 Å². The van der Waals surface area contributed by atoms with Crippen molar-refractivity contribution in [2.45, 2.75) is 20.8 Å². The van der Waals surface area contributed by atoms with Gasteiger partial charge in [0.2, 0.25) is 0 Å². The average Bonchev–Trinajstić information content (AvgIpc) is 3.20. The average molecular weight is 364 g/mol. The van der Waals surface area contributed by atoms with Crippen LogP contribution in [0, 0.1) is 6.92 Å². The van der Waals surface area contributed by atoms with Crippen molar-refractivity contribution in [1.82, 2.24) is 0 Å². The zero-order valence-electron chi connectivity index (χ0n) is 16.0. The Morgan fingerprint density at radius 2 is 1.74 bits per heavy atom. The molecule has 6 heteroatoms. The van der Waals surface area contributed by atoms with Gasteiger partial charge in [0.1, 0.15) is 17.2 Å². The van der Waals surface area contributed by atoms with E-state index in [-0.39, 0.29) is 0 Å². The summed E-state index contributed by atoms with van der Waals surface area (Å²) in [6, 6.07) is 5.64. The van der Waals surface area contributed by atoms with Gasteiger partial charge in [-0.25, -0.2) is 14.8 Å². The van der Waals surface area contributed by atoms with Crippen molar-refractivity contribution in [1.29, 1.82) is 0 Å². The quantitative estimate of drug-likeness (QED) is 0.668. The summed E-state index contributed by atoms with van der Waals surface area (Å²) >= 11 is 0. The molecule has 27 heavy (non-hydrogen) atoms. The Morgan fingerprint density at radius 1 is 1.04 bits per heavy atom. The topological polar surface area (TPSA) is 69.5 Å². The summed E-state index contributed by atoms with van der Waals surface area (Å²) in [6.07, 6.45) is 0. The molecule has 0 N–H and O–H groups in total. The summed E-state index contributed by atoms with van der Waals surface area (Å²) < 4.78 is 16.2. The SMILES string of the molecule is CCOC(=O)C1=Nc2cc3c(c(C)c2=C1C)-c1c(OC)ccc(OC)c1N=3. The van der Waals surface area contributed by atoms with Crippen LogP contribution in [0.3, 0.4) is 0 Å². The van der Waals surface area contributed by atoms with Crippen molar-refractivity contribution < 1.29 is 19.0 Å². The fourth-order valence-electron chi connectivity index (χ4n) is 3.83. The number of fused-ring (bicyclic) bond motifs is 4. The van der Waals surface area contributed by atoms with Crippen molar-refractivity contribution >= 4 is 28.6 Å². The van der Waals surface area contributed by atoms with E-state index >= 15 is 0 Å². The van der Waals surface area contributed by atoms with Crippen LogP contribution in [-0.4, -0.2) is 32.5 Å². The third-order valence-electron chi connectivity index (χ3n) is 4.99. The summed E-state index contributed by atoms with van der Waals surface area (Å²) in [5.41, 5.74) is 5.57. The van der Waals surface area contributed by atoms with Gasteiger partial charge < -0.3 is 14.2 Å². The van der Waals surface area contributed by atoms with E-state index < -0.39 is 5.97 Å². The molecule has 0 saturated heterocycles. The van der Waals surface area contributed by atoms with E-state index in [2.05, 4.69) is 4.99 Å². The molecule has 138 valence electrons. The minimum absolute atomic E-state index is 0.316. The van der Waals surface area contributed by atoms with Gasteiger partial charge in [-0.05, 0) is 50.1 Å². The maximum Gasteiger partial charge on any atom is 0.357 e. The van der Waals surface area contributed by atoms with Gasteiger partial charge in [0, 0.05) is 10.8 Å². The van der Waals surface area contributed by atoms with Gasteiger partial charge in [0.25, 0.3) is 0 Å². The number of benzene rings is 2. The lowest BCUT2D eigenvalue weighted by atomic mass is 9.95. The van der Waals surface area contributed by atoms with Crippen LogP contribution in [0.2, 0.25) is 0 Å². The van der Waals surface area contributed by atoms with E-state index in [1.807, 2.05) is 32.0 Å². The van der Waals surface area contributed by atoms with E-state index in [0.717, 1.165) is 50.0 Å². The fraction of sp³-hybridized carbons (Fsp3) is 0.286. The summed E-state index contributed by atoms with van der Waals surface area (Å²) in [5, 5.41) is 1.75. The smallest absolute Gasteiger partial charge is 0.357 e. The third kappa shape index (κ3) is 2.36. The monoisotopic (exact) mass is 364 g/mol. The molecule has 0 spiro atoms. The van der Waals surface area contributed by atoms with Crippen LogP contribution in [-0.2, 0) is 9.53 Å². The second-order valence-electron chi connectivity index (χ2n) is 6.40. The second kappa shape index (κ2) is 6.23. The number of aliphatic imine (C=N–C) groups is 1. The summed E-state index contributed by atoms with van der Waals surface area (Å²) in [5.74, 6) is 1.03. The molecule has 4 rings (SSSR count). The van der Waals surface area contributed by atoms with Gasteiger partial charge in [-0.3, -0.25) is 0 Å². The number of carbonyl (C=O) groups excluding carboxylic acids is 1. The minimum atomic E-state index is -0.401. The molecular weight excluding hydrogens is 344 g/mol. The molecule has 0 unspecified atom stereocenters. The Kier molecular flexibility index (Phi) is 3.98. The van der Waals surface area contributed by atoms with Gasteiger partial charge in [-0.1, -0.05) is 0 Å². The zero-order chi connectivity index (χ0) is 19.3. The van der Waals surface area contributed by atoms with E-state index in [4.69, 9.17) is 19.2 Å². The number of nitrogens with zero attached hydrogens (tertiary/aromatic N) is 2. The van der Waals surface area contributed by atoms with Crippen molar-refractivity contribution in [3.8, 4) is 22.6 Å². The number of esters is 1. The lowest BCUT2D eigenvalue weighted by molar-refractivity contribution is -0.134. The normalized spacial score (nSPS) is 13.4. The standard InChI is InChI=1S/C21H20N2O4/c1-6-27-21(24)19-11(3)16-10(2)17-13(9-12(16)22-19)23-20-15(26-5)8-7-14(25-4)18(17)20/h7-9H,6H2,1-5H3. The molecule has 0 bridgehead atoms. The Morgan fingerprint density at radius 3 is 2.41 bits per heavy atom. The molecule has 0 aliphatic carbocycles. The maximum atomic E-state index is 12.2. The Balaban J connectivity index is 2.01. The Labute approximate surface area is 156 Å². The predicted molar refractivity (Wildman–Crippen MR) is 103 cm³/mol. The van der Waals surface area contributed by atoms with Crippen LogP contribution in [0.15, 0.2) is 28.2 Å². The lowest BCUT2D eigenvalue weighted by Gasteiger charge is -2.12.